The van der Waals surface area contributed by atoms with Crippen LogP contribution < -0.4 is 15.2 Å². The van der Waals surface area contributed by atoms with E-state index in [1.165, 1.54) is 35.9 Å². The third-order valence-corrected chi connectivity index (χ3v) is 6.88. The lowest BCUT2D eigenvalue weighted by atomic mass is 9.96. The van der Waals surface area contributed by atoms with Gasteiger partial charge in [-0.2, -0.15) is 5.26 Å². The molecule has 1 fully saturated rings. The Morgan fingerprint density at radius 2 is 1.49 bits per heavy atom. The van der Waals surface area contributed by atoms with E-state index in [2.05, 4.69) is 16.0 Å². The van der Waals surface area contributed by atoms with Gasteiger partial charge in [-0.15, -0.1) is 0 Å². The van der Waals surface area contributed by atoms with Gasteiger partial charge in [0.15, 0.2) is 0 Å². The molecule has 37 heavy (non-hydrogen) atoms. The summed E-state index contributed by atoms with van der Waals surface area (Å²) >= 11 is 0. The molecule has 2 aromatic heterocycles. The van der Waals surface area contributed by atoms with Gasteiger partial charge in [0.2, 0.25) is 5.88 Å². The van der Waals surface area contributed by atoms with E-state index in [1.54, 1.807) is 43.4 Å². The number of halogens is 2. The molecule has 0 spiro atoms. The van der Waals surface area contributed by atoms with Crippen LogP contribution in [0.15, 0.2) is 65.5 Å². The van der Waals surface area contributed by atoms with E-state index in [9.17, 15) is 18.8 Å². The van der Waals surface area contributed by atoms with Crippen LogP contribution in [0.5, 0.6) is 5.88 Å². The number of anilines is 1. The molecule has 1 saturated heterocycles. The Bertz CT molecular complexity index is 1490. The van der Waals surface area contributed by atoms with Crippen molar-refractivity contribution in [3.63, 3.8) is 0 Å². The first kappa shape index (κ1) is 24.4. The topological polar surface area (TPSA) is 74.4 Å². The summed E-state index contributed by atoms with van der Waals surface area (Å²) in [5, 5.41) is 9.90. The van der Waals surface area contributed by atoms with E-state index in [0.717, 1.165) is 11.1 Å². The lowest BCUT2D eigenvalue weighted by Crippen LogP contribution is -2.48. The molecule has 3 heterocycles. The number of hydrogen-bond donors (Lipinski definition) is 0. The fourth-order valence-corrected chi connectivity index (χ4v) is 5.01. The number of nitrogens with zero attached hydrogens (tertiary/aromatic N) is 5. The molecule has 4 aromatic rings. The Kier molecular flexibility index (Phi) is 6.59. The molecule has 0 bridgehead atoms. The number of pyridine rings is 2. The largest absolute Gasteiger partial charge is 0.481 e. The number of ether oxygens (including phenoxy) is 1. The van der Waals surface area contributed by atoms with Crippen LogP contribution in [0.4, 0.5) is 14.5 Å². The maximum atomic E-state index is 13.7. The van der Waals surface area contributed by atoms with E-state index >= 15 is 0 Å². The third-order valence-electron chi connectivity index (χ3n) is 6.88. The number of hydrogen-bond acceptors (Lipinski definition) is 6. The van der Waals surface area contributed by atoms with Crippen molar-refractivity contribution < 1.29 is 13.5 Å². The first-order valence-electron chi connectivity index (χ1n) is 11.9. The zero-order chi connectivity index (χ0) is 26.1. The van der Waals surface area contributed by atoms with Crippen LogP contribution >= 0.6 is 0 Å². The highest BCUT2D eigenvalue weighted by Gasteiger charge is 2.30. The van der Waals surface area contributed by atoms with E-state index < -0.39 is 0 Å². The molecule has 9 heteroatoms. The van der Waals surface area contributed by atoms with Crippen molar-refractivity contribution in [2.24, 2.45) is 7.05 Å². The Morgan fingerprint density at radius 1 is 0.919 bits per heavy atom. The van der Waals surface area contributed by atoms with Crippen LogP contribution in [0, 0.1) is 23.0 Å². The highest BCUT2D eigenvalue weighted by atomic mass is 19.1. The molecule has 1 aliphatic heterocycles. The van der Waals surface area contributed by atoms with Crippen molar-refractivity contribution in [3.05, 3.63) is 99.3 Å². The molecule has 0 N–H and O–H groups in total. The average molecular weight is 502 g/mol. The lowest BCUT2D eigenvalue weighted by molar-refractivity contribution is 0.212. The monoisotopic (exact) mass is 501 g/mol. The second-order valence-corrected chi connectivity index (χ2v) is 8.95. The molecule has 188 valence electrons. The summed E-state index contributed by atoms with van der Waals surface area (Å²) in [6, 6.07) is 18.0. The van der Waals surface area contributed by atoms with Gasteiger partial charge in [-0.05, 0) is 41.5 Å². The number of methoxy groups -OCH3 is 1. The maximum Gasteiger partial charge on any atom is 0.270 e. The van der Waals surface area contributed by atoms with E-state index in [4.69, 9.17) is 4.74 Å². The molecular weight excluding hydrogens is 476 g/mol. The average Bonchev–Trinajstić information content (AvgIpc) is 2.93. The van der Waals surface area contributed by atoms with Gasteiger partial charge in [0.25, 0.3) is 5.56 Å². The van der Waals surface area contributed by atoms with Gasteiger partial charge in [0.05, 0.1) is 24.4 Å². The summed E-state index contributed by atoms with van der Waals surface area (Å²) in [7, 11) is 3.14. The Morgan fingerprint density at radius 3 is 2.00 bits per heavy atom. The SMILES string of the molecule is COc1ccc2c(n1)c(N1CCN(C(c3ccc(F)cc3)c3ccc(F)cc3)CC1)c(C#N)c(=O)n2C. The van der Waals surface area contributed by atoms with Crippen LogP contribution in [-0.4, -0.2) is 47.7 Å². The molecule has 0 atom stereocenters. The molecule has 0 amide bonds. The second-order valence-electron chi connectivity index (χ2n) is 8.95. The van der Waals surface area contributed by atoms with Crippen molar-refractivity contribution in [1.82, 2.24) is 14.5 Å². The maximum absolute atomic E-state index is 13.7. The van der Waals surface area contributed by atoms with Gasteiger partial charge in [-0.3, -0.25) is 9.69 Å². The standard InChI is InChI=1S/C28H25F2N5O2/c1-33-23-11-12-24(37-2)32-25(23)27(22(17-31)28(33)36)35-15-13-34(14-16-35)26(18-3-7-20(29)8-4-18)19-5-9-21(30)10-6-19/h3-12,26H,13-16H2,1-2H3. The number of aromatic nitrogens is 2. The molecule has 1 aliphatic rings. The first-order chi connectivity index (χ1) is 17.9. The fourth-order valence-electron chi connectivity index (χ4n) is 5.01. The van der Waals surface area contributed by atoms with Crippen LogP contribution in [0.25, 0.3) is 11.0 Å². The Hall–Kier alpha value is -4.29. The van der Waals surface area contributed by atoms with Gasteiger partial charge in [-0.25, -0.2) is 13.8 Å². The van der Waals surface area contributed by atoms with Crippen LogP contribution in [0.3, 0.4) is 0 Å². The zero-order valence-electron chi connectivity index (χ0n) is 20.5. The van der Waals surface area contributed by atoms with Crippen molar-refractivity contribution in [3.8, 4) is 11.9 Å². The van der Waals surface area contributed by atoms with Crippen molar-refractivity contribution >= 4 is 16.7 Å². The molecule has 0 saturated carbocycles. The van der Waals surface area contributed by atoms with E-state index in [1.807, 2.05) is 4.90 Å². The van der Waals surface area contributed by atoms with Gasteiger partial charge >= 0.3 is 0 Å². The number of rotatable bonds is 5. The summed E-state index contributed by atoms with van der Waals surface area (Å²) in [4.78, 5) is 21.8. The minimum absolute atomic E-state index is 0.0397. The summed E-state index contributed by atoms with van der Waals surface area (Å²) in [5.41, 5.74) is 3.08. The zero-order valence-corrected chi connectivity index (χ0v) is 20.5. The van der Waals surface area contributed by atoms with Gasteiger partial charge in [0.1, 0.15) is 28.8 Å². The molecule has 0 aliphatic carbocycles. The quantitative estimate of drug-likeness (QED) is 0.412. The minimum atomic E-state index is -0.380. The van der Waals surface area contributed by atoms with E-state index in [-0.39, 0.29) is 28.8 Å². The van der Waals surface area contributed by atoms with E-state index in [0.29, 0.717) is 48.8 Å². The molecule has 0 radical (unpaired) electrons. The van der Waals surface area contributed by atoms with Crippen LogP contribution in [0.2, 0.25) is 0 Å². The van der Waals surface area contributed by atoms with Crippen molar-refractivity contribution in [1.29, 1.82) is 5.26 Å². The summed E-state index contributed by atoms with van der Waals surface area (Å²) in [6.45, 7) is 2.22. The van der Waals surface area contributed by atoms with Crippen LogP contribution in [-0.2, 0) is 7.05 Å². The smallest absolute Gasteiger partial charge is 0.270 e. The van der Waals surface area contributed by atoms with Gasteiger partial charge < -0.3 is 14.2 Å². The number of benzene rings is 2. The first-order valence-corrected chi connectivity index (χ1v) is 11.9. The molecule has 5 rings (SSSR count). The third kappa shape index (κ3) is 4.52. The highest BCUT2D eigenvalue weighted by molar-refractivity contribution is 5.92. The number of fused-ring (bicyclic) bond motifs is 1. The summed E-state index contributed by atoms with van der Waals surface area (Å²) < 4.78 is 34.1. The predicted octanol–water partition coefficient (Wildman–Crippen LogP) is 4.00. The van der Waals surface area contributed by atoms with Crippen molar-refractivity contribution in [2.75, 3.05) is 38.2 Å². The van der Waals surface area contributed by atoms with Crippen LogP contribution in [0.1, 0.15) is 22.7 Å². The molecule has 2 aromatic carbocycles. The summed E-state index contributed by atoms with van der Waals surface area (Å²) in [5.74, 6) is -0.255. The predicted molar refractivity (Wildman–Crippen MR) is 137 cm³/mol. The lowest BCUT2D eigenvalue weighted by Gasteiger charge is -2.41. The molecule has 0 unspecified atom stereocenters. The number of nitriles is 1. The summed E-state index contributed by atoms with van der Waals surface area (Å²) in [6.07, 6.45) is 0. The minimum Gasteiger partial charge on any atom is -0.481 e. The Labute approximate surface area is 212 Å². The molecule has 7 nitrogen and oxygen atoms in total. The second kappa shape index (κ2) is 9.99. The van der Waals surface area contributed by atoms with Gasteiger partial charge in [0, 0.05) is 39.3 Å². The normalized spacial score (nSPS) is 14.2. The number of piperazine rings is 1. The Balaban J connectivity index is 1.51. The fraction of sp³-hybridized carbons (Fsp3) is 0.250. The van der Waals surface area contributed by atoms with Crippen molar-refractivity contribution in [2.45, 2.75) is 6.04 Å². The van der Waals surface area contributed by atoms with Gasteiger partial charge in [-0.1, -0.05) is 24.3 Å². The highest BCUT2D eigenvalue weighted by Crippen LogP contribution is 2.33. The molecular formula is C28H25F2N5O2. The number of aryl methyl sites for hydroxylation is 1.